The highest BCUT2D eigenvalue weighted by atomic mass is 14.3. The molecular weight excluding hydrogens is 540 g/mol. The molecule has 0 atom stereocenters. The van der Waals surface area contributed by atoms with Crippen molar-refractivity contribution < 1.29 is 0 Å². The number of hydrogen-bond acceptors (Lipinski definition) is 0. The van der Waals surface area contributed by atoms with E-state index in [2.05, 4.69) is 171 Å². The van der Waals surface area contributed by atoms with Crippen molar-refractivity contribution in [3.63, 3.8) is 0 Å². The fourth-order valence-electron chi connectivity index (χ4n) is 7.07. The molecule has 8 rings (SSSR count). The maximum Gasteiger partial charge on any atom is -0.000705 e. The van der Waals surface area contributed by atoms with E-state index in [4.69, 9.17) is 0 Å². The van der Waals surface area contributed by atoms with Gasteiger partial charge >= 0.3 is 0 Å². The van der Waals surface area contributed by atoms with Gasteiger partial charge in [0, 0.05) is 0 Å². The average Bonchev–Trinajstić information content (AvgIpc) is 3.50. The van der Waals surface area contributed by atoms with Gasteiger partial charge in [0.15, 0.2) is 0 Å². The van der Waals surface area contributed by atoms with Crippen LogP contribution in [0.1, 0.15) is 23.6 Å². The van der Waals surface area contributed by atoms with Crippen molar-refractivity contribution in [1.29, 1.82) is 0 Å². The Hall–Kier alpha value is -5.46. The Kier molecular flexibility index (Phi) is 6.97. The predicted octanol–water partition coefficient (Wildman–Crippen LogP) is 12.2. The van der Waals surface area contributed by atoms with E-state index < -0.39 is 0 Å². The first-order valence-electron chi connectivity index (χ1n) is 16.0. The summed E-state index contributed by atoms with van der Waals surface area (Å²) in [6.45, 7) is 2.20. The van der Waals surface area contributed by atoms with Crippen LogP contribution < -0.4 is 0 Å². The predicted molar refractivity (Wildman–Crippen MR) is 191 cm³/mol. The fourth-order valence-corrected chi connectivity index (χ4v) is 7.07. The van der Waals surface area contributed by atoms with Gasteiger partial charge in [0.1, 0.15) is 0 Å². The van der Waals surface area contributed by atoms with Crippen LogP contribution in [0.25, 0.3) is 66.8 Å². The molecule has 0 N–H and O–H groups in total. The third kappa shape index (κ3) is 4.89. The van der Waals surface area contributed by atoms with Crippen molar-refractivity contribution in [3.05, 3.63) is 180 Å². The summed E-state index contributed by atoms with van der Waals surface area (Å²) in [5.41, 5.74) is 19.5. The SMILES string of the molecule is CCc1ccc(-c2ccccc2-c2ccc(-c3cc4c(c(-c5ccccc5)c3-c3ccccc3)Cc3ccccc3-4)cc2)cc1. The molecule has 45 heavy (non-hydrogen) atoms. The van der Waals surface area contributed by atoms with Crippen LogP contribution in [0.15, 0.2) is 164 Å². The minimum atomic E-state index is 0.949. The summed E-state index contributed by atoms with van der Waals surface area (Å²) in [6.07, 6.45) is 2.00. The van der Waals surface area contributed by atoms with Gasteiger partial charge < -0.3 is 0 Å². The largest absolute Gasteiger partial charge is 0.0622 e. The normalized spacial score (nSPS) is 11.7. The molecule has 0 saturated carbocycles. The Morgan fingerprint density at radius 2 is 0.844 bits per heavy atom. The first kappa shape index (κ1) is 27.1. The molecular formula is C45H34. The summed E-state index contributed by atoms with van der Waals surface area (Å²) in [7, 11) is 0. The Balaban J connectivity index is 1.32. The summed E-state index contributed by atoms with van der Waals surface area (Å²) in [5, 5.41) is 0. The maximum absolute atomic E-state index is 2.45. The minimum Gasteiger partial charge on any atom is -0.0622 e. The van der Waals surface area contributed by atoms with Crippen molar-refractivity contribution in [1.82, 2.24) is 0 Å². The van der Waals surface area contributed by atoms with Crippen LogP contribution in [0, 0.1) is 0 Å². The van der Waals surface area contributed by atoms with Crippen LogP contribution in [-0.2, 0) is 12.8 Å². The van der Waals surface area contributed by atoms with Gasteiger partial charge in [0.2, 0.25) is 0 Å². The van der Waals surface area contributed by atoms with Crippen LogP contribution in [0.2, 0.25) is 0 Å². The van der Waals surface area contributed by atoms with E-state index >= 15 is 0 Å². The molecule has 0 nitrogen and oxygen atoms in total. The average molecular weight is 575 g/mol. The molecule has 214 valence electrons. The minimum absolute atomic E-state index is 0.949. The van der Waals surface area contributed by atoms with Crippen molar-refractivity contribution in [2.24, 2.45) is 0 Å². The molecule has 0 bridgehead atoms. The van der Waals surface area contributed by atoms with Gasteiger partial charge in [-0.05, 0) is 102 Å². The monoisotopic (exact) mass is 574 g/mol. The third-order valence-electron chi connectivity index (χ3n) is 9.34. The molecule has 0 radical (unpaired) electrons. The molecule has 0 unspecified atom stereocenters. The lowest BCUT2D eigenvalue weighted by molar-refractivity contribution is 1.14. The quantitative estimate of drug-likeness (QED) is 0.185. The van der Waals surface area contributed by atoms with Crippen LogP contribution in [0.5, 0.6) is 0 Å². The van der Waals surface area contributed by atoms with E-state index in [1.54, 1.807) is 0 Å². The molecule has 0 aromatic heterocycles. The van der Waals surface area contributed by atoms with E-state index in [1.807, 2.05) is 0 Å². The zero-order valence-electron chi connectivity index (χ0n) is 25.5. The molecule has 0 spiro atoms. The van der Waals surface area contributed by atoms with Crippen molar-refractivity contribution >= 4 is 0 Å². The van der Waals surface area contributed by atoms with Gasteiger partial charge in [0.25, 0.3) is 0 Å². The zero-order chi connectivity index (χ0) is 30.2. The summed E-state index contributed by atoms with van der Waals surface area (Å²) < 4.78 is 0. The Bertz CT molecular complexity index is 2120. The number of benzene rings is 7. The van der Waals surface area contributed by atoms with E-state index in [0.29, 0.717) is 0 Å². The summed E-state index contributed by atoms with van der Waals surface area (Å²) in [4.78, 5) is 0. The summed E-state index contributed by atoms with van der Waals surface area (Å²) in [6, 6.07) is 60.3. The molecule has 0 fully saturated rings. The molecule has 0 heteroatoms. The molecule has 0 amide bonds. The van der Waals surface area contributed by atoms with Gasteiger partial charge in [-0.3, -0.25) is 0 Å². The lowest BCUT2D eigenvalue weighted by atomic mass is 9.82. The number of aryl methyl sites for hydroxylation is 1. The molecule has 7 aromatic carbocycles. The molecule has 0 saturated heterocycles. The first-order valence-corrected chi connectivity index (χ1v) is 16.0. The summed E-state index contributed by atoms with van der Waals surface area (Å²) in [5.74, 6) is 0. The second-order valence-corrected chi connectivity index (χ2v) is 11.9. The lowest BCUT2D eigenvalue weighted by Crippen LogP contribution is -1.97. The lowest BCUT2D eigenvalue weighted by Gasteiger charge is -2.21. The zero-order valence-corrected chi connectivity index (χ0v) is 25.5. The van der Waals surface area contributed by atoms with Crippen LogP contribution >= 0.6 is 0 Å². The van der Waals surface area contributed by atoms with Gasteiger partial charge in [-0.15, -0.1) is 0 Å². The molecule has 1 aliphatic carbocycles. The van der Waals surface area contributed by atoms with Crippen LogP contribution in [0.4, 0.5) is 0 Å². The second kappa shape index (κ2) is 11.6. The first-order chi connectivity index (χ1) is 22.3. The molecule has 1 aliphatic rings. The highest BCUT2D eigenvalue weighted by molar-refractivity contribution is 6.02. The third-order valence-corrected chi connectivity index (χ3v) is 9.34. The number of hydrogen-bond donors (Lipinski definition) is 0. The number of fused-ring (bicyclic) bond motifs is 3. The fraction of sp³-hybridized carbons (Fsp3) is 0.0667. The molecule has 0 heterocycles. The van der Waals surface area contributed by atoms with Gasteiger partial charge in [-0.1, -0.05) is 165 Å². The van der Waals surface area contributed by atoms with Crippen molar-refractivity contribution in [2.45, 2.75) is 19.8 Å². The maximum atomic E-state index is 2.45. The van der Waals surface area contributed by atoms with Gasteiger partial charge in [-0.2, -0.15) is 0 Å². The van der Waals surface area contributed by atoms with Gasteiger partial charge in [-0.25, -0.2) is 0 Å². The Labute approximate surface area is 266 Å². The Morgan fingerprint density at radius 3 is 1.42 bits per heavy atom. The number of rotatable bonds is 6. The van der Waals surface area contributed by atoms with Crippen molar-refractivity contribution in [3.8, 4) is 66.8 Å². The molecule has 0 aliphatic heterocycles. The van der Waals surface area contributed by atoms with E-state index in [9.17, 15) is 0 Å². The highest BCUT2D eigenvalue weighted by Gasteiger charge is 2.27. The van der Waals surface area contributed by atoms with E-state index in [-0.39, 0.29) is 0 Å². The van der Waals surface area contributed by atoms with E-state index in [0.717, 1.165) is 12.8 Å². The smallest absolute Gasteiger partial charge is 0.000705 e. The topological polar surface area (TPSA) is 0 Å². The van der Waals surface area contributed by atoms with Crippen molar-refractivity contribution in [2.75, 3.05) is 0 Å². The Morgan fingerprint density at radius 1 is 0.378 bits per heavy atom. The highest BCUT2D eigenvalue weighted by Crippen LogP contribution is 2.50. The second-order valence-electron chi connectivity index (χ2n) is 11.9. The van der Waals surface area contributed by atoms with Crippen LogP contribution in [-0.4, -0.2) is 0 Å². The summed E-state index contributed by atoms with van der Waals surface area (Å²) >= 11 is 0. The van der Waals surface area contributed by atoms with E-state index in [1.165, 1.54) is 83.5 Å². The standard InChI is InChI=1S/C45H34/c1-2-31-21-23-32(24-22-31)38-18-11-12-19-39(38)33-25-27-34(28-26-33)41-30-42-40-20-10-9-17-37(40)29-43(42)45(36-15-7-4-8-16-36)44(41)35-13-5-3-6-14-35/h3-28,30H,2,29H2,1H3. The van der Waals surface area contributed by atoms with Gasteiger partial charge in [0.05, 0.1) is 0 Å². The molecule has 7 aromatic rings. The van der Waals surface area contributed by atoms with Crippen LogP contribution in [0.3, 0.4) is 0 Å².